The summed E-state index contributed by atoms with van der Waals surface area (Å²) in [5.74, 6) is -2.78. The van der Waals surface area contributed by atoms with Gasteiger partial charge in [-0.1, -0.05) is 98.9 Å². The number of aliphatic hydroxyl groups is 2. The molecule has 0 bridgehead atoms. The Morgan fingerprint density at radius 1 is 0.505 bits per heavy atom. The fraction of sp³-hybridized carbons (Fsp3) is 0.343. The second kappa shape index (κ2) is 34.0. The number of hydrogen-bond acceptors (Lipinski definition) is 14. The summed E-state index contributed by atoms with van der Waals surface area (Å²) >= 11 is 17.7. The molecule has 0 saturated carbocycles. The van der Waals surface area contributed by atoms with E-state index in [2.05, 4.69) is 0 Å². The Hall–Kier alpha value is -8.40. The van der Waals surface area contributed by atoms with E-state index in [4.69, 9.17) is 63.2 Å². The highest BCUT2D eigenvalue weighted by Crippen LogP contribution is 2.36. The van der Waals surface area contributed by atoms with Crippen molar-refractivity contribution in [1.82, 2.24) is 9.13 Å². The van der Waals surface area contributed by atoms with Crippen molar-refractivity contribution in [2.24, 2.45) is 11.8 Å². The highest BCUT2D eigenvalue weighted by molar-refractivity contribution is 6.31. The third kappa shape index (κ3) is 18.1. The molecule has 2 heterocycles. The molecule has 0 fully saturated rings. The molecule has 2 aromatic heterocycles. The molecule has 0 aliphatic rings. The molecule has 0 aliphatic heterocycles. The number of aromatic carboxylic acids is 1. The van der Waals surface area contributed by atoms with Crippen molar-refractivity contribution in [1.29, 1.82) is 0 Å². The summed E-state index contributed by atoms with van der Waals surface area (Å²) in [7, 11) is 5.83. The summed E-state index contributed by atoms with van der Waals surface area (Å²) in [5.41, 5.74) is 2.12. The molecule has 93 heavy (non-hydrogen) atoms. The highest BCUT2D eigenvalue weighted by atomic mass is 35.5. The first-order chi connectivity index (χ1) is 44.3. The molecule has 0 radical (unpaired) electrons. The number of benzene rings is 6. The van der Waals surface area contributed by atoms with Crippen LogP contribution < -0.4 is 29.8 Å². The van der Waals surface area contributed by atoms with E-state index in [1.807, 2.05) is 27.7 Å². The first-order valence-corrected chi connectivity index (χ1v) is 30.8. The van der Waals surface area contributed by atoms with Crippen molar-refractivity contribution in [3.05, 3.63) is 206 Å². The van der Waals surface area contributed by atoms with Gasteiger partial charge in [0, 0.05) is 60.6 Å². The first-order valence-electron chi connectivity index (χ1n) is 29.7. The number of aliphatic hydroxyl groups excluding tert-OH is 2. The van der Waals surface area contributed by atoms with Crippen molar-refractivity contribution < 1.29 is 76.1 Å². The van der Waals surface area contributed by atoms with E-state index >= 15 is 0 Å². The zero-order valence-electron chi connectivity index (χ0n) is 53.1. The van der Waals surface area contributed by atoms with Crippen LogP contribution in [-0.4, -0.2) is 103 Å². The van der Waals surface area contributed by atoms with Crippen LogP contribution >= 0.6 is 34.8 Å². The van der Waals surface area contributed by atoms with Crippen LogP contribution in [0.3, 0.4) is 0 Å². The standard InChI is InChI=1S/C26H29ClFNO5.C24H25ClFNO5.C20H20ClFO5/c1-5-34-26(32)20-13-29(18(14-30)9-15(2)3)22-12-23(33-4)17(11-19(22)25(20)31)10-16-7-6-8-21(27)24(16)28;1-13(2)7-16(12-28)27-11-18(24(30)31)23(29)17-9-15(21(32-3)10-20(17)27)8-14-5-4-6-19(25)22(14)26;1-4-27-19(24)10-16(23)14-9-13(17(25-2)11-18(14)26-3)8-12-6-5-7-15(21)20(12)22/h6-8,11-13,15,18,30H,5,9-10,14H2,1-4H3;4-6,9-11,13,16,28H,7-8,12H2,1-3H3,(H,30,31);5-7,9,11H,4,8,10H2,1-3H3/t18-;16-;/m00./s1. The number of halogens is 6. The number of carbonyl (C=O) groups excluding carboxylic acids is 3. The lowest BCUT2D eigenvalue weighted by Crippen LogP contribution is -2.25. The molecular weight excluding hydrogens is 1270 g/mol. The van der Waals surface area contributed by atoms with E-state index in [9.17, 15) is 57.3 Å². The van der Waals surface area contributed by atoms with Gasteiger partial charge in [-0.3, -0.25) is 19.2 Å². The lowest BCUT2D eigenvalue weighted by molar-refractivity contribution is -0.142. The molecule has 0 saturated heterocycles. The maximum absolute atomic E-state index is 14.6. The number of carboxylic acids is 1. The van der Waals surface area contributed by atoms with Crippen LogP contribution in [0.25, 0.3) is 21.8 Å². The number of hydrogen-bond donors (Lipinski definition) is 3. The molecule has 0 unspecified atom stereocenters. The first kappa shape index (κ1) is 73.6. The number of aromatic nitrogens is 2. The van der Waals surface area contributed by atoms with Crippen LogP contribution in [0.5, 0.6) is 23.0 Å². The van der Waals surface area contributed by atoms with Crippen LogP contribution in [0.15, 0.2) is 113 Å². The third-order valence-corrected chi connectivity index (χ3v) is 15.9. The molecule has 6 aromatic carbocycles. The summed E-state index contributed by atoms with van der Waals surface area (Å²) in [5, 5.41) is 30.1. The number of rotatable bonds is 25. The second-order valence-electron chi connectivity index (χ2n) is 22.3. The van der Waals surface area contributed by atoms with Crippen LogP contribution in [-0.2, 0) is 33.5 Å². The predicted octanol–water partition coefficient (Wildman–Crippen LogP) is 14.0. The Bertz CT molecular complexity index is 4150. The maximum atomic E-state index is 14.6. The Balaban J connectivity index is 0.000000223. The summed E-state index contributed by atoms with van der Waals surface area (Å²) in [6.45, 7) is 11.2. The van der Waals surface area contributed by atoms with Crippen molar-refractivity contribution in [2.75, 3.05) is 54.9 Å². The van der Waals surface area contributed by atoms with Crippen LogP contribution in [0.2, 0.25) is 15.1 Å². The van der Waals surface area contributed by atoms with Crippen molar-refractivity contribution in [3.8, 4) is 23.0 Å². The van der Waals surface area contributed by atoms with Crippen LogP contribution in [0, 0.1) is 29.3 Å². The number of nitrogens with zero attached hydrogens (tertiary/aromatic N) is 2. The minimum atomic E-state index is -1.36. The minimum absolute atomic E-state index is 0.00341. The van der Waals surface area contributed by atoms with Crippen molar-refractivity contribution in [3.63, 3.8) is 0 Å². The summed E-state index contributed by atoms with van der Waals surface area (Å²) < 4.78 is 78.3. The molecule has 0 aliphatic carbocycles. The van der Waals surface area contributed by atoms with E-state index in [1.54, 1.807) is 83.6 Å². The van der Waals surface area contributed by atoms with Gasteiger partial charge in [-0.2, -0.15) is 0 Å². The van der Waals surface area contributed by atoms with Crippen LogP contribution in [0.1, 0.15) is 137 Å². The molecule has 8 rings (SSSR count). The quantitative estimate of drug-likeness (QED) is 0.0275. The van der Waals surface area contributed by atoms with Gasteiger partial charge >= 0.3 is 17.9 Å². The van der Waals surface area contributed by atoms with E-state index in [-0.39, 0.29) is 106 Å². The number of carbonyl (C=O) groups is 4. The van der Waals surface area contributed by atoms with Crippen molar-refractivity contribution in [2.45, 2.75) is 92.2 Å². The molecule has 3 N–H and O–H groups in total. The number of carboxylic acid groups (broad SMARTS) is 1. The summed E-state index contributed by atoms with van der Waals surface area (Å²) in [4.78, 5) is 74.8. The van der Waals surface area contributed by atoms with Gasteiger partial charge in [0.25, 0.3) is 0 Å². The van der Waals surface area contributed by atoms with Gasteiger partial charge in [-0.05, 0) is 108 Å². The molecule has 0 spiro atoms. The lowest BCUT2D eigenvalue weighted by atomic mass is 9.98. The molecular formula is C70H74Cl3F3N2O15. The Kier molecular flexibility index (Phi) is 26.9. The monoisotopic (exact) mass is 1340 g/mol. The maximum Gasteiger partial charge on any atom is 0.343 e. The number of pyridine rings is 2. The van der Waals surface area contributed by atoms with Gasteiger partial charge in [0.2, 0.25) is 10.9 Å². The fourth-order valence-corrected chi connectivity index (χ4v) is 11.3. The third-order valence-electron chi connectivity index (χ3n) is 15.0. The Morgan fingerprint density at radius 3 is 1.25 bits per heavy atom. The van der Waals surface area contributed by atoms with Gasteiger partial charge in [0.1, 0.15) is 58.0 Å². The number of ether oxygens (including phenoxy) is 6. The van der Waals surface area contributed by atoms with Gasteiger partial charge in [-0.15, -0.1) is 0 Å². The van der Waals surface area contributed by atoms with Gasteiger partial charge in [-0.25, -0.2) is 22.8 Å². The Morgan fingerprint density at radius 2 is 0.882 bits per heavy atom. The number of methoxy groups -OCH3 is 4. The molecule has 8 aromatic rings. The second-order valence-corrected chi connectivity index (χ2v) is 23.5. The topological polar surface area (TPSA) is 228 Å². The smallest absolute Gasteiger partial charge is 0.343 e. The normalized spacial score (nSPS) is 11.7. The summed E-state index contributed by atoms with van der Waals surface area (Å²) in [6, 6.07) is 22.8. The van der Waals surface area contributed by atoms with Gasteiger partial charge in [0.15, 0.2) is 5.78 Å². The van der Waals surface area contributed by atoms with Gasteiger partial charge < -0.3 is 52.9 Å². The van der Waals surface area contributed by atoms with Crippen molar-refractivity contribution >= 4 is 80.3 Å². The Labute approximate surface area is 551 Å². The molecule has 0 amide bonds. The predicted molar refractivity (Wildman–Crippen MR) is 351 cm³/mol. The number of fused-ring (bicyclic) bond motifs is 2. The number of ketones is 1. The average molecular weight is 1350 g/mol. The van der Waals surface area contributed by atoms with E-state index < -0.39 is 70.0 Å². The van der Waals surface area contributed by atoms with Crippen LogP contribution in [0.4, 0.5) is 13.2 Å². The van der Waals surface area contributed by atoms with E-state index in [0.29, 0.717) is 74.5 Å². The average Bonchev–Trinajstić information content (AvgIpc) is 0.768. The van der Waals surface area contributed by atoms with E-state index in [1.165, 1.54) is 71.2 Å². The zero-order valence-corrected chi connectivity index (χ0v) is 55.4. The fourth-order valence-electron chi connectivity index (χ4n) is 10.7. The number of Topliss-reactive ketones (excluding diaryl/α,β-unsaturated/α-hetero) is 1. The minimum Gasteiger partial charge on any atom is -0.496 e. The zero-order chi connectivity index (χ0) is 68.5. The van der Waals surface area contributed by atoms with Gasteiger partial charge in [0.05, 0.1) is 98.6 Å². The molecule has 496 valence electrons. The molecule has 2 atom stereocenters. The summed E-state index contributed by atoms with van der Waals surface area (Å²) in [6.07, 6.45) is 3.87. The SMILES string of the molecule is CCOC(=O)CC(=O)c1cc(Cc2cccc(Cl)c2F)c(OC)cc1OC.CCOC(=O)c1cn([C@H](CO)CC(C)C)c2cc(OC)c(Cc3cccc(Cl)c3F)cc2c1=O.COc1cc2c(cc1Cc1cccc(Cl)c1F)c(=O)c(C(=O)O)cn2[C@H](CO)CC(C)C. The largest absolute Gasteiger partial charge is 0.496 e. The molecule has 17 nitrogen and oxygen atoms in total. The highest BCUT2D eigenvalue weighted by Gasteiger charge is 2.26. The number of esters is 2. The van der Waals surface area contributed by atoms with E-state index in [0.717, 1.165) is 0 Å². The molecule has 23 heteroatoms. The lowest BCUT2D eigenvalue weighted by Gasteiger charge is -2.24.